The Bertz CT molecular complexity index is 410. The van der Waals surface area contributed by atoms with Gasteiger partial charge in [-0.15, -0.1) is 0 Å². The molecular formula is C16H23NOS. The zero-order valence-corrected chi connectivity index (χ0v) is 12.7. The van der Waals surface area contributed by atoms with Gasteiger partial charge in [0.15, 0.2) is 0 Å². The van der Waals surface area contributed by atoms with E-state index in [0.717, 1.165) is 31.0 Å². The SMILES string of the molecule is CC(C)(CCC(=O)N1CCSCC1)c1ccccc1. The van der Waals surface area contributed by atoms with Crippen molar-refractivity contribution in [3.63, 3.8) is 0 Å². The summed E-state index contributed by atoms with van der Waals surface area (Å²) in [6.07, 6.45) is 1.58. The molecule has 0 aromatic heterocycles. The quantitative estimate of drug-likeness (QED) is 0.841. The van der Waals surface area contributed by atoms with E-state index < -0.39 is 0 Å². The minimum atomic E-state index is 0.0709. The van der Waals surface area contributed by atoms with E-state index in [2.05, 4.69) is 38.1 Å². The van der Waals surface area contributed by atoms with Crippen molar-refractivity contribution in [1.82, 2.24) is 4.90 Å². The monoisotopic (exact) mass is 277 g/mol. The van der Waals surface area contributed by atoms with E-state index in [1.807, 2.05) is 22.7 Å². The molecule has 1 amide bonds. The molecule has 19 heavy (non-hydrogen) atoms. The maximum absolute atomic E-state index is 12.2. The molecule has 0 aliphatic carbocycles. The summed E-state index contributed by atoms with van der Waals surface area (Å²) in [5.74, 6) is 2.51. The van der Waals surface area contributed by atoms with Crippen LogP contribution in [0.5, 0.6) is 0 Å². The molecule has 0 unspecified atom stereocenters. The molecule has 0 atom stereocenters. The van der Waals surface area contributed by atoms with Gasteiger partial charge in [-0.3, -0.25) is 4.79 Å². The summed E-state index contributed by atoms with van der Waals surface area (Å²) in [4.78, 5) is 14.2. The Morgan fingerprint density at radius 3 is 2.47 bits per heavy atom. The third-order valence-electron chi connectivity index (χ3n) is 3.88. The molecule has 0 N–H and O–H groups in total. The summed E-state index contributed by atoms with van der Waals surface area (Å²) >= 11 is 1.94. The first kappa shape index (κ1) is 14.4. The van der Waals surface area contributed by atoms with E-state index in [0.29, 0.717) is 12.3 Å². The van der Waals surface area contributed by atoms with Crippen molar-refractivity contribution >= 4 is 17.7 Å². The lowest BCUT2D eigenvalue weighted by molar-refractivity contribution is -0.131. The summed E-state index contributed by atoms with van der Waals surface area (Å²) in [5.41, 5.74) is 1.39. The zero-order valence-electron chi connectivity index (χ0n) is 11.9. The fraction of sp³-hybridized carbons (Fsp3) is 0.562. The fourth-order valence-electron chi connectivity index (χ4n) is 2.42. The maximum Gasteiger partial charge on any atom is 0.222 e. The van der Waals surface area contributed by atoms with Gasteiger partial charge in [0.05, 0.1) is 0 Å². The van der Waals surface area contributed by atoms with Gasteiger partial charge in [-0.05, 0) is 17.4 Å². The van der Waals surface area contributed by atoms with Crippen molar-refractivity contribution in [3.8, 4) is 0 Å². The van der Waals surface area contributed by atoms with Crippen LogP contribution in [0.1, 0.15) is 32.3 Å². The highest BCUT2D eigenvalue weighted by Gasteiger charge is 2.23. The smallest absolute Gasteiger partial charge is 0.222 e. The number of rotatable bonds is 4. The predicted molar refractivity (Wildman–Crippen MR) is 82.6 cm³/mol. The van der Waals surface area contributed by atoms with Gasteiger partial charge in [0, 0.05) is 31.0 Å². The first-order valence-corrected chi connectivity index (χ1v) is 8.16. The van der Waals surface area contributed by atoms with Gasteiger partial charge in [-0.25, -0.2) is 0 Å². The number of thioether (sulfide) groups is 1. The van der Waals surface area contributed by atoms with E-state index >= 15 is 0 Å². The lowest BCUT2D eigenvalue weighted by atomic mass is 9.80. The molecule has 2 nitrogen and oxygen atoms in total. The first-order valence-electron chi connectivity index (χ1n) is 7.01. The highest BCUT2D eigenvalue weighted by Crippen LogP contribution is 2.28. The number of benzene rings is 1. The van der Waals surface area contributed by atoms with E-state index in [-0.39, 0.29) is 5.41 Å². The van der Waals surface area contributed by atoms with Crippen LogP contribution >= 0.6 is 11.8 Å². The Labute approximate surface area is 120 Å². The summed E-state index contributed by atoms with van der Waals surface area (Å²) < 4.78 is 0. The lowest BCUT2D eigenvalue weighted by Crippen LogP contribution is -2.38. The van der Waals surface area contributed by atoms with Gasteiger partial charge in [0.2, 0.25) is 5.91 Å². The maximum atomic E-state index is 12.2. The second-order valence-corrected chi connectivity index (χ2v) is 6.97. The molecule has 0 radical (unpaired) electrons. The summed E-state index contributed by atoms with van der Waals surface area (Å²) in [7, 11) is 0. The van der Waals surface area contributed by atoms with Crippen LogP contribution in [-0.4, -0.2) is 35.4 Å². The molecule has 1 heterocycles. The van der Waals surface area contributed by atoms with E-state index in [4.69, 9.17) is 0 Å². The van der Waals surface area contributed by atoms with Crippen molar-refractivity contribution in [1.29, 1.82) is 0 Å². The second-order valence-electron chi connectivity index (χ2n) is 5.74. The molecule has 1 aliphatic heterocycles. The number of carbonyl (C=O) groups is 1. The molecule has 1 aromatic rings. The zero-order chi connectivity index (χ0) is 13.7. The topological polar surface area (TPSA) is 20.3 Å². The van der Waals surface area contributed by atoms with Crippen LogP contribution in [0.2, 0.25) is 0 Å². The molecule has 1 aromatic carbocycles. The molecule has 0 bridgehead atoms. The van der Waals surface area contributed by atoms with Crippen molar-refractivity contribution in [2.24, 2.45) is 0 Å². The lowest BCUT2D eigenvalue weighted by Gasteiger charge is -2.29. The molecule has 1 aliphatic rings. The number of amides is 1. The van der Waals surface area contributed by atoms with Gasteiger partial charge >= 0.3 is 0 Å². The highest BCUT2D eigenvalue weighted by molar-refractivity contribution is 7.99. The molecule has 3 heteroatoms. The van der Waals surface area contributed by atoms with Crippen molar-refractivity contribution in [3.05, 3.63) is 35.9 Å². The van der Waals surface area contributed by atoms with E-state index in [1.165, 1.54) is 5.56 Å². The molecule has 104 valence electrons. The number of hydrogen-bond acceptors (Lipinski definition) is 2. The predicted octanol–water partition coefficient (Wildman–Crippen LogP) is 3.32. The van der Waals surface area contributed by atoms with E-state index in [9.17, 15) is 4.79 Å². The summed E-state index contributed by atoms with van der Waals surface area (Å²) in [6.45, 7) is 6.30. The van der Waals surface area contributed by atoms with Gasteiger partial charge in [-0.1, -0.05) is 44.2 Å². The second kappa shape index (κ2) is 6.47. The van der Waals surface area contributed by atoms with Crippen LogP contribution in [0.4, 0.5) is 0 Å². The number of nitrogens with zero attached hydrogens (tertiary/aromatic N) is 1. The van der Waals surface area contributed by atoms with E-state index in [1.54, 1.807) is 0 Å². The van der Waals surface area contributed by atoms with Crippen LogP contribution in [0, 0.1) is 0 Å². The Morgan fingerprint density at radius 1 is 1.21 bits per heavy atom. The summed E-state index contributed by atoms with van der Waals surface area (Å²) in [5, 5.41) is 0. The molecule has 0 saturated carbocycles. The third kappa shape index (κ3) is 4.00. The van der Waals surface area contributed by atoms with Crippen molar-refractivity contribution < 1.29 is 4.79 Å². The minimum absolute atomic E-state index is 0.0709. The average Bonchev–Trinajstić information content (AvgIpc) is 2.47. The van der Waals surface area contributed by atoms with Crippen LogP contribution in [0.3, 0.4) is 0 Å². The largest absolute Gasteiger partial charge is 0.341 e. The molecule has 2 rings (SSSR count). The Balaban J connectivity index is 1.88. The Morgan fingerprint density at radius 2 is 1.84 bits per heavy atom. The Hall–Kier alpha value is -0.960. The summed E-state index contributed by atoms with van der Waals surface area (Å²) in [6, 6.07) is 10.5. The number of hydrogen-bond donors (Lipinski definition) is 0. The third-order valence-corrected chi connectivity index (χ3v) is 4.83. The molecular weight excluding hydrogens is 254 g/mol. The van der Waals surface area contributed by atoms with Crippen LogP contribution in [-0.2, 0) is 10.2 Å². The van der Waals surface area contributed by atoms with Gasteiger partial charge in [0.1, 0.15) is 0 Å². The molecule has 0 spiro atoms. The van der Waals surface area contributed by atoms with Crippen molar-refractivity contribution in [2.45, 2.75) is 32.1 Å². The fourth-order valence-corrected chi connectivity index (χ4v) is 3.33. The number of carbonyl (C=O) groups excluding carboxylic acids is 1. The normalized spacial score (nSPS) is 16.4. The minimum Gasteiger partial charge on any atom is -0.341 e. The van der Waals surface area contributed by atoms with Crippen LogP contribution < -0.4 is 0 Å². The first-order chi connectivity index (χ1) is 9.09. The van der Waals surface area contributed by atoms with Gasteiger partial charge in [-0.2, -0.15) is 11.8 Å². The van der Waals surface area contributed by atoms with Crippen LogP contribution in [0.15, 0.2) is 30.3 Å². The molecule has 1 saturated heterocycles. The molecule has 1 fully saturated rings. The standard InChI is InChI=1S/C16H23NOS/c1-16(2,14-6-4-3-5-7-14)9-8-15(18)17-10-12-19-13-11-17/h3-7H,8-13H2,1-2H3. The Kier molecular flexibility index (Phi) is 4.92. The van der Waals surface area contributed by atoms with Crippen molar-refractivity contribution in [2.75, 3.05) is 24.6 Å². The van der Waals surface area contributed by atoms with Gasteiger partial charge in [0.25, 0.3) is 0 Å². The van der Waals surface area contributed by atoms with Crippen LogP contribution in [0.25, 0.3) is 0 Å². The average molecular weight is 277 g/mol. The van der Waals surface area contributed by atoms with Gasteiger partial charge < -0.3 is 4.90 Å². The highest BCUT2D eigenvalue weighted by atomic mass is 32.2.